The summed E-state index contributed by atoms with van der Waals surface area (Å²) in [6.45, 7) is 4.43. The van der Waals surface area contributed by atoms with E-state index in [0.717, 1.165) is 48.1 Å². The van der Waals surface area contributed by atoms with Crippen molar-refractivity contribution in [2.75, 3.05) is 11.1 Å². The number of anilines is 2. The van der Waals surface area contributed by atoms with Gasteiger partial charge in [0.15, 0.2) is 5.82 Å². The van der Waals surface area contributed by atoms with Crippen LogP contribution in [0.25, 0.3) is 11.0 Å². The van der Waals surface area contributed by atoms with E-state index < -0.39 is 5.41 Å². The molecule has 3 aromatic rings. The number of nitrogens with one attached hydrogen (secondary N) is 1. The fourth-order valence-electron chi connectivity index (χ4n) is 3.79. The van der Waals surface area contributed by atoms with Crippen LogP contribution in [-0.4, -0.2) is 20.4 Å². The number of nitrogens with zero attached hydrogens (tertiary/aromatic N) is 3. The minimum atomic E-state index is -0.608. The number of carbonyl (C=O) groups excluding carboxylic acids is 1. The maximum Gasteiger partial charge on any atom is 0.231 e. The number of para-hydroxylation sites is 1. The molecule has 6 heteroatoms. The van der Waals surface area contributed by atoms with E-state index in [-0.39, 0.29) is 5.91 Å². The highest BCUT2D eigenvalue weighted by Crippen LogP contribution is 2.32. The fourth-order valence-corrected chi connectivity index (χ4v) is 3.79. The molecule has 0 unspecified atom stereocenters. The van der Waals surface area contributed by atoms with E-state index in [1.807, 2.05) is 44.2 Å². The molecule has 27 heavy (non-hydrogen) atoms. The molecule has 0 saturated carbocycles. The standard InChI is InChI=1S/C21H25N5O/c1-21(2,20(27)24-14-8-4-3-5-9-14)12-26-13-23-17-18(26)15-10-6-7-11-16(15)25-19(17)22/h3-5,8-9,13H,6-7,10-12H2,1-2H3,(H2,22,25)(H,24,27). The lowest BCUT2D eigenvalue weighted by atomic mass is 9.91. The SMILES string of the molecule is CC(C)(Cn1cnc2c(N)nc3c(c21)CCCC3)C(=O)Nc1ccccc1. The zero-order valence-corrected chi connectivity index (χ0v) is 15.8. The second-order valence-corrected chi connectivity index (χ2v) is 7.90. The molecule has 0 bridgehead atoms. The first-order valence-corrected chi connectivity index (χ1v) is 9.44. The summed E-state index contributed by atoms with van der Waals surface area (Å²) in [5.74, 6) is 0.461. The molecule has 6 nitrogen and oxygen atoms in total. The molecule has 1 aliphatic carbocycles. The average Bonchev–Trinajstić information content (AvgIpc) is 3.07. The third-order valence-corrected chi connectivity index (χ3v) is 5.27. The normalized spacial score (nSPS) is 14.1. The molecule has 1 amide bonds. The third kappa shape index (κ3) is 3.27. The Morgan fingerprint density at radius 3 is 2.74 bits per heavy atom. The number of fused-ring (bicyclic) bond motifs is 3. The van der Waals surface area contributed by atoms with Crippen LogP contribution in [0.5, 0.6) is 0 Å². The number of carbonyl (C=O) groups is 1. The number of benzene rings is 1. The molecule has 0 saturated heterocycles. The fraction of sp³-hybridized carbons (Fsp3) is 0.381. The first-order valence-electron chi connectivity index (χ1n) is 9.44. The summed E-state index contributed by atoms with van der Waals surface area (Å²) in [5, 5.41) is 3.01. The van der Waals surface area contributed by atoms with Gasteiger partial charge in [0.1, 0.15) is 5.52 Å². The van der Waals surface area contributed by atoms with Gasteiger partial charge in [-0.05, 0) is 57.2 Å². The van der Waals surface area contributed by atoms with Crippen LogP contribution in [0.3, 0.4) is 0 Å². The molecule has 0 fully saturated rings. The monoisotopic (exact) mass is 363 g/mol. The van der Waals surface area contributed by atoms with E-state index in [1.165, 1.54) is 5.56 Å². The van der Waals surface area contributed by atoms with Crippen molar-refractivity contribution in [1.82, 2.24) is 14.5 Å². The smallest absolute Gasteiger partial charge is 0.231 e. The molecule has 0 spiro atoms. The van der Waals surface area contributed by atoms with Crippen LogP contribution in [-0.2, 0) is 24.2 Å². The Labute approximate surface area is 158 Å². The van der Waals surface area contributed by atoms with Gasteiger partial charge in [-0.25, -0.2) is 9.97 Å². The van der Waals surface area contributed by atoms with Crippen molar-refractivity contribution in [3.05, 3.63) is 47.9 Å². The first-order chi connectivity index (χ1) is 13.0. The Morgan fingerprint density at radius 2 is 1.96 bits per heavy atom. The van der Waals surface area contributed by atoms with Crippen LogP contribution < -0.4 is 11.1 Å². The average molecular weight is 363 g/mol. The number of hydrogen-bond acceptors (Lipinski definition) is 4. The van der Waals surface area contributed by atoms with Crippen LogP contribution in [0.4, 0.5) is 11.5 Å². The van der Waals surface area contributed by atoms with Crippen molar-refractivity contribution in [2.24, 2.45) is 5.41 Å². The highest BCUT2D eigenvalue weighted by Gasteiger charge is 2.30. The number of hydrogen-bond donors (Lipinski definition) is 2. The highest BCUT2D eigenvalue weighted by atomic mass is 16.2. The van der Waals surface area contributed by atoms with E-state index >= 15 is 0 Å². The molecule has 4 rings (SSSR count). The van der Waals surface area contributed by atoms with Crippen LogP contribution in [0.2, 0.25) is 0 Å². The van der Waals surface area contributed by atoms with Gasteiger partial charge in [0.2, 0.25) is 5.91 Å². The molecule has 1 aromatic carbocycles. The quantitative estimate of drug-likeness (QED) is 0.742. The van der Waals surface area contributed by atoms with Gasteiger partial charge in [-0.1, -0.05) is 18.2 Å². The zero-order chi connectivity index (χ0) is 19.0. The van der Waals surface area contributed by atoms with Crippen LogP contribution in [0, 0.1) is 5.41 Å². The number of nitrogen functional groups attached to an aromatic ring is 1. The number of aryl methyl sites for hydroxylation is 2. The molecular weight excluding hydrogens is 338 g/mol. The summed E-state index contributed by atoms with van der Waals surface area (Å²) in [6, 6.07) is 9.54. The van der Waals surface area contributed by atoms with Crippen LogP contribution in [0.15, 0.2) is 36.7 Å². The summed E-state index contributed by atoms with van der Waals surface area (Å²) in [4.78, 5) is 21.9. The van der Waals surface area contributed by atoms with E-state index in [1.54, 1.807) is 6.33 Å². The van der Waals surface area contributed by atoms with Gasteiger partial charge in [-0.2, -0.15) is 0 Å². The number of imidazole rings is 1. The van der Waals surface area contributed by atoms with Gasteiger partial charge < -0.3 is 15.6 Å². The van der Waals surface area contributed by atoms with Crippen molar-refractivity contribution < 1.29 is 4.79 Å². The summed E-state index contributed by atoms with van der Waals surface area (Å²) >= 11 is 0. The van der Waals surface area contributed by atoms with Gasteiger partial charge in [0.05, 0.1) is 17.3 Å². The largest absolute Gasteiger partial charge is 0.382 e. The highest BCUT2D eigenvalue weighted by molar-refractivity contribution is 5.95. The van der Waals surface area contributed by atoms with Crippen molar-refractivity contribution in [1.29, 1.82) is 0 Å². The minimum absolute atomic E-state index is 0.0218. The van der Waals surface area contributed by atoms with Crippen molar-refractivity contribution in [3.63, 3.8) is 0 Å². The van der Waals surface area contributed by atoms with Crippen molar-refractivity contribution in [2.45, 2.75) is 46.1 Å². The second kappa shape index (κ2) is 6.68. The van der Waals surface area contributed by atoms with Gasteiger partial charge >= 0.3 is 0 Å². The number of amides is 1. The summed E-state index contributed by atoms with van der Waals surface area (Å²) in [5.41, 5.74) is 10.5. The summed E-state index contributed by atoms with van der Waals surface area (Å²) in [6.07, 6.45) is 6.02. The second-order valence-electron chi connectivity index (χ2n) is 7.90. The van der Waals surface area contributed by atoms with Gasteiger partial charge in [-0.15, -0.1) is 0 Å². The van der Waals surface area contributed by atoms with E-state index in [9.17, 15) is 4.79 Å². The van der Waals surface area contributed by atoms with Gasteiger partial charge in [-0.3, -0.25) is 4.79 Å². The summed E-state index contributed by atoms with van der Waals surface area (Å²) in [7, 11) is 0. The van der Waals surface area contributed by atoms with Crippen molar-refractivity contribution >= 4 is 28.4 Å². The molecule has 1 aliphatic rings. The topological polar surface area (TPSA) is 85.8 Å². The van der Waals surface area contributed by atoms with E-state index in [4.69, 9.17) is 5.73 Å². The Hall–Kier alpha value is -2.89. The Bertz CT molecular complexity index is 991. The molecule has 2 heterocycles. The molecule has 2 aromatic heterocycles. The zero-order valence-electron chi connectivity index (χ0n) is 15.8. The maximum absolute atomic E-state index is 12.9. The van der Waals surface area contributed by atoms with E-state index in [2.05, 4.69) is 19.9 Å². The predicted octanol–water partition coefficient (Wildman–Crippen LogP) is 3.56. The molecule has 0 radical (unpaired) electrons. The van der Waals surface area contributed by atoms with Gasteiger partial charge in [0.25, 0.3) is 0 Å². The summed E-state index contributed by atoms with van der Waals surface area (Å²) < 4.78 is 2.07. The number of aromatic nitrogens is 3. The third-order valence-electron chi connectivity index (χ3n) is 5.27. The number of nitrogens with two attached hydrogens (primary N) is 1. The van der Waals surface area contributed by atoms with E-state index in [0.29, 0.717) is 12.4 Å². The Kier molecular flexibility index (Phi) is 4.34. The molecular formula is C21H25N5O. The number of rotatable bonds is 4. The lowest BCUT2D eigenvalue weighted by Gasteiger charge is -2.25. The molecule has 0 aliphatic heterocycles. The van der Waals surface area contributed by atoms with Crippen molar-refractivity contribution in [3.8, 4) is 0 Å². The molecule has 0 atom stereocenters. The predicted molar refractivity (Wildman–Crippen MR) is 107 cm³/mol. The number of pyridine rings is 1. The minimum Gasteiger partial charge on any atom is -0.382 e. The first kappa shape index (κ1) is 17.5. The lowest BCUT2D eigenvalue weighted by Crippen LogP contribution is -2.34. The van der Waals surface area contributed by atoms with Crippen LogP contribution >= 0.6 is 0 Å². The van der Waals surface area contributed by atoms with Crippen LogP contribution in [0.1, 0.15) is 37.9 Å². The van der Waals surface area contributed by atoms with Gasteiger partial charge in [0, 0.05) is 17.9 Å². The molecule has 3 N–H and O–H groups in total. The Balaban J connectivity index is 1.66. The lowest BCUT2D eigenvalue weighted by molar-refractivity contribution is -0.124. The Morgan fingerprint density at radius 1 is 1.22 bits per heavy atom. The maximum atomic E-state index is 12.9. The molecule has 140 valence electrons.